The van der Waals surface area contributed by atoms with Gasteiger partial charge in [-0.3, -0.25) is 9.59 Å². The van der Waals surface area contributed by atoms with Crippen molar-refractivity contribution < 1.29 is 18.4 Å². The Labute approximate surface area is 176 Å². The lowest BCUT2D eigenvalue weighted by Gasteiger charge is -2.32. The van der Waals surface area contributed by atoms with Gasteiger partial charge in [-0.05, 0) is 61.1 Å². The van der Waals surface area contributed by atoms with Gasteiger partial charge in [-0.25, -0.2) is 8.78 Å². The summed E-state index contributed by atoms with van der Waals surface area (Å²) in [5.74, 6) is -0.598. The number of carbonyl (C=O) groups excluding carboxylic acids is 2. The molecule has 0 aromatic heterocycles. The molecular weight excluding hydrogens is 386 g/mol. The number of rotatable bonds is 6. The van der Waals surface area contributed by atoms with Crippen molar-refractivity contribution in [2.75, 3.05) is 14.1 Å². The van der Waals surface area contributed by atoms with Gasteiger partial charge in [-0.15, -0.1) is 0 Å². The van der Waals surface area contributed by atoms with Crippen LogP contribution in [0, 0.1) is 23.5 Å². The van der Waals surface area contributed by atoms with E-state index in [1.165, 1.54) is 24.3 Å². The summed E-state index contributed by atoms with van der Waals surface area (Å²) in [5, 5.41) is 0. The summed E-state index contributed by atoms with van der Waals surface area (Å²) in [4.78, 5) is 28.9. The van der Waals surface area contributed by atoms with E-state index in [0.29, 0.717) is 38.8 Å². The highest BCUT2D eigenvalue weighted by atomic mass is 19.1. The van der Waals surface area contributed by atoms with Crippen LogP contribution in [0.5, 0.6) is 0 Å². The minimum Gasteiger partial charge on any atom is -0.341 e. The number of hydrogen-bond donors (Lipinski definition) is 0. The van der Waals surface area contributed by atoms with Crippen molar-refractivity contribution in [1.82, 2.24) is 9.80 Å². The molecule has 30 heavy (non-hydrogen) atoms. The van der Waals surface area contributed by atoms with Crippen LogP contribution in [0.2, 0.25) is 0 Å². The van der Waals surface area contributed by atoms with Crippen molar-refractivity contribution in [3.05, 3.63) is 71.3 Å². The van der Waals surface area contributed by atoms with E-state index < -0.39 is 0 Å². The second-order valence-corrected chi connectivity index (χ2v) is 8.19. The zero-order valence-electron chi connectivity index (χ0n) is 17.5. The molecule has 2 aromatic carbocycles. The zero-order chi connectivity index (χ0) is 21.7. The summed E-state index contributed by atoms with van der Waals surface area (Å²) >= 11 is 0. The average Bonchev–Trinajstić information content (AvgIpc) is 2.76. The summed E-state index contributed by atoms with van der Waals surface area (Å²) < 4.78 is 26.1. The minimum absolute atomic E-state index is 0.0740. The molecule has 0 N–H and O–H groups in total. The van der Waals surface area contributed by atoms with Crippen molar-refractivity contribution in [2.24, 2.45) is 11.8 Å². The van der Waals surface area contributed by atoms with E-state index in [9.17, 15) is 18.4 Å². The Morgan fingerprint density at radius 2 is 1.00 bits per heavy atom. The minimum atomic E-state index is -0.292. The predicted molar refractivity (Wildman–Crippen MR) is 111 cm³/mol. The molecule has 0 atom stereocenters. The first-order valence-corrected chi connectivity index (χ1v) is 10.3. The monoisotopic (exact) mass is 414 g/mol. The van der Waals surface area contributed by atoms with Crippen LogP contribution >= 0.6 is 0 Å². The maximum Gasteiger partial charge on any atom is 0.225 e. The maximum absolute atomic E-state index is 13.0. The Morgan fingerprint density at radius 3 is 1.30 bits per heavy atom. The van der Waals surface area contributed by atoms with Crippen molar-refractivity contribution >= 4 is 11.8 Å². The summed E-state index contributed by atoms with van der Waals surface area (Å²) in [7, 11) is 3.53. The van der Waals surface area contributed by atoms with E-state index in [0.717, 1.165) is 11.1 Å². The molecule has 0 radical (unpaired) electrons. The number of nitrogens with zero attached hydrogens (tertiary/aromatic N) is 2. The molecule has 2 aromatic rings. The van der Waals surface area contributed by atoms with Crippen LogP contribution in [0.25, 0.3) is 0 Å². The van der Waals surface area contributed by atoms with Gasteiger partial charge in [-0.2, -0.15) is 0 Å². The quantitative estimate of drug-likeness (QED) is 0.704. The van der Waals surface area contributed by atoms with Crippen LogP contribution in [-0.4, -0.2) is 35.7 Å². The smallest absolute Gasteiger partial charge is 0.225 e. The van der Waals surface area contributed by atoms with E-state index in [-0.39, 0.29) is 35.3 Å². The van der Waals surface area contributed by atoms with Crippen LogP contribution in [-0.2, 0) is 22.7 Å². The first-order chi connectivity index (χ1) is 14.3. The number of hydrogen-bond acceptors (Lipinski definition) is 2. The molecule has 0 bridgehead atoms. The van der Waals surface area contributed by atoms with E-state index in [1.807, 2.05) is 0 Å². The molecule has 0 unspecified atom stereocenters. The zero-order valence-corrected chi connectivity index (χ0v) is 17.5. The van der Waals surface area contributed by atoms with Gasteiger partial charge in [0.2, 0.25) is 11.8 Å². The fourth-order valence-electron chi connectivity index (χ4n) is 4.09. The third-order valence-corrected chi connectivity index (χ3v) is 5.84. The Hall–Kier alpha value is -2.76. The highest BCUT2D eigenvalue weighted by Gasteiger charge is 2.32. The third-order valence-electron chi connectivity index (χ3n) is 5.84. The summed E-state index contributed by atoms with van der Waals surface area (Å²) in [5.41, 5.74) is 1.78. The normalized spacial score (nSPS) is 18.7. The number of halogens is 2. The maximum atomic E-state index is 13.0. The lowest BCUT2D eigenvalue weighted by molar-refractivity contribution is -0.140. The fraction of sp³-hybridized carbons (Fsp3) is 0.417. The Bertz CT molecular complexity index is 786. The van der Waals surface area contributed by atoms with Gasteiger partial charge in [0.25, 0.3) is 0 Å². The molecule has 3 rings (SSSR count). The first kappa shape index (κ1) is 21.9. The average molecular weight is 414 g/mol. The summed E-state index contributed by atoms with van der Waals surface area (Å²) in [6.07, 6.45) is 2.75. The topological polar surface area (TPSA) is 40.6 Å². The molecule has 0 aliphatic heterocycles. The predicted octanol–water partition coefficient (Wildman–Crippen LogP) is 4.39. The van der Waals surface area contributed by atoms with Gasteiger partial charge in [0, 0.05) is 39.0 Å². The van der Waals surface area contributed by atoms with Crippen LogP contribution in [0.4, 0.5) is 8.78 Å². The molecule has 1 aliphatic rings. The molecule has 160 valence electrons. The molecule has 4 nitrogen and oxygen atoms in total. The molecule has 0 spiro atoms. The van der Waals surface area contributed by atoms with Gasteiger partial charge in [-0.1, -0.05) is 24.3 Å². The SMILES string of the molecule is CN(Cc1ccc(F)cc1)C(=O)C1CCC(C(=O)N(C)Cc2ccc(F)cc2)CC1. The second-order valence-electron chi connectivity index (χ2n) is 8.19. The molecule has 0 saturated heterocycles. The Kier molecular flexibility index (Phi) is 7.19. The lowest BCUT2D eigenvalue weighted by Crippen LogP contribution is -2.38. The van der Waals surface area contributed by atoms with Crippen LogP contribution in [0.3, 0.4) is 0 Å². The molecular formula is C24H28F2N2O2. The Balaban J connectivity index is 1.48. The van der Waals surface area contributed by atoms with Crippen LogP contribution in [0.1, 0.15) is 36.8 Å². The van der Waals surface area contributed by atoms with Crippen LogP contribution in [0.15, 0.2) is 48.5 Å². The first-order valence-electron chi connectivity index (χ1n) is 10.3. The molecule has 1 fully saturated rings. The van der Waals surface area contributed by atoms with Gasteiger partial charge >= 0.3 is 0 Å². The van der Waals surface area contributed by atoms with Crippen LogP contribution < -0.4 is 0 Å². The summed E-state index contributed by atoms with van der Waals surface area (Å²) in [6, 6.07) is 12.3. The molecule has 2 amide bonds. The molecule has 0 heterocycles. The van der Waals surface area contributed by atoms with E-state index >= 15 is 0 Å². The van der Waals surface area contributed by atoms with Crippen molar-refractivity contribution in [2.45, 2.75) is 38.8 Å². The highest BCUT2D eigenvalue weighted by molar-refractivity contribution is 5.81. The van der Waals surface area contributed by atoms with Gasteiger partial charge < -0.3 is 9.80 Å². The largest absolute Gasteiger partial charge is 0.341 e. The molecule has 1 aliphatic carbocycles. The standard InChI is InChI=1S/C24H28F2N2O2/c1-27(15-17-3-11-21(25)12-4-17)23(29)19-7-9-20(10-8-19)24(30)28(2)16-18-5-13-22(26)14-6-18/h3-6,11-14,19-20H,7-10,15-16H2,1-2H3. The summed E-state index contributed by atoms with van der Waals surface area (Å²) in [6.45, 7) is 0.886. The van der Waals surface area contributed by atoms with Crippen molar-refractivity contribution in [3.63, 3.8) is 0 Å². The molecule has 6 heteroatoms. The second kappa shape index (κ2) is 9.83. The Morgan fingerprint density at radius 1 is 0.700 bits per heavy atom. The number of amides is 2. The van der Waals surface area contributed by atoms with Gasteiger partial charge in [0.1, 0.15) is 11.6 Å². The fourth-order valence-corrected chi connectivity index (χ4v) is 4.09. The van der Waals surface area contributed by atoms with E-state index in [4.69, 9.17) is 0 Å². The molecule has 1 saturated carbocycles. The van der Waals surface area contributed by atoms with Gasteiger partial charge in [0.15, 0.2) is 0 Å². The lowest BCUT2D eigenvalue weighted by atomic mass is 9.80. The van der Waals surface area contributed by atoms with E-state index in [2.05, 4.69) is 0 Å². The number of carbonyl (C=O) groups is 2. The van der Waals surface area contributed by atoms with Crippen molar-refractivity contribution in [3.8, 4) is 0 Å². The van der Waals surface area contributed by atoms with Gasteiger partial charge in [0.05, 0.1) is 0 Å². The van der Waals surface area contributed by atoms with E-state index in [1.54, 1.807) is 48.2 Å². The third kappa shape index (κ3) is 5.65. The highest BCUT2D eigenvalue weighted by Crippen LogP contribution is 2.31. The number of benzene rings is 2. The van der Waals surface area contributed by atoms with Crippen molar-refractivity contribution in [1.29, 1.82) is 0 Å².